The first-order valence-corrected chi connectivity index (χ1v) is 9.28. The van der Waals surface area contributed by atoms with Crippen LogP contribution < -0.4 is 5.32 Å². The van der Waals surface area contributed by atoms with Crippen molar-refractivity contribution < 1.29 is 0 Å². The molecule has 1 N–H and O–H groups in total. The lowest BCUT2D eigenvalue weighted by atomic mass is 9.93. The number of likely N-dealkylation sites (tertiary alicyclic amines) is 1. The minimum atomic E-state index is 0.606. The highest BCUT2D eigenvalue weighted by molar-refractivity contribution is 5.49. The summed E-state index contributed by atoms with van der Waals surface area (Å²) in [5, 5.41) is 7.45. The fourth-order valence-electron chi connectivity index (χ4n) is 3.64. The van der Waals surface area contributed by atoms with Crippen molar-refractivity contribution in [3.8, 4) is 0 Å². The van der Waals surface area contributed by atoms with Crippen LogP contribution in [-0.4, -0.2) is 47.7 Å². The van der Waals surface area contributed by atoms with Gasteiger partial charge < -0.3 is 5.32 Å². The Kier molecular flexibility index (Phi) is 5.34. The Morgan fingerprint density at radius 3 is 2.93 bits per heavy atom. The number of hydrogen-bond donors (Lipinski definition) is 1. The van der Waals surface area contributed by atoms with E-state index in [0.717, 1.165) is 37.6 Å². The molecular formula is C19H24N8. The van der Waals surface area contributed by atoms with Crippen LogP contribution in [0.3, 0.4) is 0 Å². The highest BCUT2D eigenvalue weighted by Crippen LogP contribution is 2.22. The molecule has 1 atom stereocenters. The molecule has 4 heterocycles. The Labute approximate surface area is 158 Å². The molecule has 0 aromatic carbocycles. The summed E-state index contributed by atoms with van der Waals surface area (Å²) in [7, 11) is 1.96. The zero-order valence-corrected chi connectivity index (χ0v) is 15.5. The van der Waals surface area contributed by atoms with E-state index in [-0.39, 0.29) is 0 Å². The lowest BCUT2D eigenvalue weighted by Gasteiger charge is -2.32. The van der Waals surface area contributed by atoms with Crippen molar-refractivity contribution >= 4 is 11.6 Å². The molecule has 0 spiro atoms. The molecule has 140 valence electrons. The van der Waals surface area contributed by atoms with Gasteiger partial charge in [-0.05, 0) is 31.7 Å². The molecule has 1 aliphatic heterocycles. The molecule has 3 aromatic heterocycles. The maximum absolute atomic E-state index is 4.47. The minimum Gasteiger partial charge on any atom is -0.324 e. The molecule has 3 aromatic rings. The first kappa shape index (κ1) is 17.5. The first-order chi connectivity index (χ1) is 13.2. The number of nitrogens with zero attached hydrogens (tertiary/aromatic N) is 7. The van der Waals surface area contributed by atoms with Crippen LogP contribution in [0.2, 0.25) is 0 Å². The van der Waals surface area contributed by atoms with Crippen LogP contribution in [0.25, 0.3) is 0 Å². The van der Waals surface area contributed by atoms with Crippen LogP contribution in [0.15, 0.2) is 43.4 Å². The Morgan fingerprint density at radius 1 is 1.15 bits per heavy atom. The van der Waals surface area contributed by atoms with Crippen molar-refractivity contribution in [1.82, 2.24) is 34.6 Å². The molecule has 1 aliphatic rings. The van der Waals surface area contributed by atoms with Crippen LogP contribution in [0.1, 0.15) is 24.1 Å². The van der Waals surface area contributed by atoms with Gasteiger partial charge in [0, 0.05) is 56.1 Å². The lowest BCUT2D eigenvalue weighted by Crippen LogP contribution is -2.35. The van der Waals surface area contributed by atoms with Crippen molar-refractivity contribution in [1.29, 1.82) is 0 Å². The van der Waals surface area contributed by atoms with Crippen LogP contribution in [0.4, 0.5) is 11.6 Å². The molecule has 1 fully saturated rings. The molecular weight excluding hydrogens is 340 g/mol. The Balaban J connectivity index is 1.36. The third-order valence-electron chi connectivity index (χ3n) is 4.81. The van der Waals surface area contributed by atoms with E-state index in [0.29, 0.717) is 11.7 Å². The smallest absolute Gasteiger partial charge is 0.150 e. The second kappa shape index (κ2) is 8.22. The normalized spacial score (nSPS) is 17.7. The van der Waals surface area contributed by atoms with Gasteiger partial charge in [0.2, 0.25) is 0 Å². The number of aryl methyl sites for hydroxylation is 1. The van der Waals surface area contributed by atoms with Crippen LogP contribution in [-0.2, 0) is 20.0 Å². The largest absolute Gasteiger partial charge is 0.324 e. The molecule has 27 heavy (non-hydrogen) atoms. The molecule has 4 rings (SSSR count). The van der Waals surface area contributed by atoms with E-state index in [1.54, 1.807) is 24.9 Å². The first-order valence-electron chi connectivity index (χ1n) is 9.28. The quantitative estimate of drug-likeness (QED) is 0.718. The molecule has 8 heteroatoms. The summed E-state index contributed by atoms with van der Waals surface area (Å²) in [5.41, 5.74) is 2.33. The van der Waals surface area contributed by atoms with Crippen molar-refractivity contribution in [3.63, 3.8) is 0 Å². The number of hydrogen-bond acceptors (Lipinski definition) is 7. The van der Waals surface area contributed by atoms with Crippen LogP contribution in [0.5, 0.6) is 0 Å². The highest BCUT2D eigenvalue weighted by atomic mass is 15.2. The van der Waals surface area contributed by atoms with Gasteiger partial charge in [-0.1, -0.05) is 0 Å². The third kappa shape index (κ3) is 4.85. The summed E-state index contributed by atoms with van der Waals surface area (Å²) in [6.07, 6.45) is 14.1. The molecule has 1 unspecified atom stereocenters. The fourth-order valence-corrected chi connectivity index (χ4v) is 3.64. The van der Waals surface area contributed by atoms with E-state index in [1.165, 1.54) is 18.4 Å². The fraction of sp³-hybridized carbons (Fsp3) is 0.421. The lowest BCUT2D eigenvalue weighted by molar-refractivity contribution is 0.166. The summed E-state index contributed by atoms with van der Waals surface area (Å²) < 4.78 is 1.86. The molecule has 8 nitrogen and oxygen atoms in total. The SMILES string of the molecule is Cn1cc(CN2CCCC(Cc3cc(Nc4cnccn4)ncn3)C2)cn1. The predicted molar refractivity (Wildman–Crippen MR) is 102 cm³/mol. The second-order valence-corrected chi connectivity index (χ2v) is 7.08. The number of aromatic nitrogens is 6. The third-order valence-corrected chi connectivity index (χ3v) is 4.81. The number of piperidine rings is 1. The van der Waals surface area contributed by atoms with Crippen molar-refractivity contribution in [2.24, 2.45) is 13.0 Å². The van der Waals surface area contributed by atoms with E-state index >= 15 is 0 Å². The zero-order valence-electron chi connectivity index (χ0n) is 15.5. The molecule has 0 bridgehead atoms. The van der Waals surface area contributed by atoms with Crippen molar-refractivity contribution in [2.75, 3.05) is 18.4 Å². The van der Waals surface area contributed by atoms with Gasteiger partial charge in [0.05, 0.1) is 12.4 Å². The van der Waals surface area contributed by atoms with Crippen molar-refractivity contribution in [3.05, 3.63) is 54.6 Å². The van der Waals surface area contributed by atoms with E-state index in [2.05, 4.69) is 41.4 Å². The Bertz CT molecular complexity index is 863. The van der Waals surface area contributed by atoms with E-state index in [9.17, 15) is 0 Å². The van der Waals surface area contributed by atoms with Gasteiger partial charge >= 0.3 is 0 Å². The average molecular weight is 364 g/mol. The van der Waals surface area contributed by atoms with Gasteiger partial charge in [0.15, 0.2) is 0 Å². The monoisotopic (exact) mass is 364 g/mol. The molecule has 1 saturated heterocycles. The number of anilines is 2. The van der Waals surface area contributed by atoms with Crippen LogP contribution in [0, 0.1) is 5.92 Å². The molecule has 0 radical (unpaired) electrons. The average Bonchev–Trinajstić information content (AvgIpc) is 3.08. The van der Waals surface area contributed by atoms with Crippen molar-refractivity contribution in [2.45, 2.75) is 25.8 Å². The van der Waals surface area contributed by atoms with Gasteiger partial charge in [0.1, 0.15) is 18.0 Å². The Hall–Kier alpha value is -2.87. The number of rotatable bonds is 6. The standard InChI is InChI=1S/C19H24N8/c1-26-11-16(9-24-26)13-27-6-2-3-15(12-27)7-17-8-18(23-14-22-17)25-19-10-20-4-5-21-19/h4-5,8-11,14-15H,2-3,6-7,12-13H2,1H3,(H,21,22,23,25). The Morgan fingerprint density at radius 2 is 2.11 bits per heavy atom. The van der Waals surface area contributed by atoms with Crippen LogP contribution >= 0.6 is 0 Å². The molecule has 0 amide bonds. The van der Waals surface area contributed by atoms with Gasteiger partial charge in [-0.25, -0.2) is 15.0 Å². The predicted octanol–water partition coefficient (Wildman–Crippen LogP) is 2.20. The summed E-state index contributed by atoms with van der Waals surface area (Å²) in [5.74, 6) is 2.04. The molecule has 0 aliphatic carbocycles. The summed E-state index contributed by atoms with van der Waals surface area (Å²) in [4.78, 5) is 19.6. The summed E-state index contributed by atoms with van der Waals surface area (Å²) >= 11 is 0. The van der Waals surface area contributed by atoms with Gasteiger partial charge in [-0.3, -0.25) is 14.6 Å². The minimum absolute atomic E-state index is 0.606. The van der Waals surface area contributed by atoms with Gasteiger partial charge in [-0.2, -0.15) is 5.10 Å². The van der Waals surface area contributed by atoms with Gasteiger partial charge in [0.25, 0.3) is 0 Å². The topological polar surface area (TPSA) is 84.7 Å². The zero-order chi connectivity index (χ0) is 18.5. The summed E-state index contributed by atoms with van der Waals surface area (Å²) in [6.45, 7) is 3.20. The van der Waals surface area contributed by atoms with Gasteiger partial charge in [-0.15, -0.1) is 0 Å². The molecule has 0 saturated carbocycles. The maximum atomic E-state index is 4.47. The second-order valence-electron chi connectivity index (χ2n) is 7.08. The van der Waals surface area contributed by atoms with E-state index in [1.807, 2.05) is 24.0 Å². The van der Waals surface area contributed by atoms with E-state index < -0.39 is 0 Å². The van der Waals surface area contributed by atoms with E-state index in [4.69, 9.17) is 0 Å². The maximum Gasteiger partial charge on any atom is 0.150 e. The number of nitrogens with one attached hydrogen (secondary N) is 1. The summed E-state index contributed by atoms with van der Waals surface area (Å²) in [6, 6.07) is 2.01. The highest BCUT2D eigenvalue weighted by Gasteiger charge is 2.21.